The van der Waals surface area contributed by atoms with Crippen molar-refractivity contribution in [3.8, 4) is 64.7 Å². The lowest BCUT2D eigenvalue weighted by molar-refractivity contribution is 0.103. The standard InChI is InChI=1S/C88H94N4O2S6/c1-5-9-13-17-19-21-23-25-27-29-37-59-49-65(51-71-79(61(55-89)56-90)67-41-33-35-43-69(67)83(71)93)97-85(59)77-53-73-81(75-47-45-63(95-75)39-31-15-11-7-3)88-74(82(87(73)99-77)76-48-46-64(96-76)40-32-16-12-8-4)54-78(100-88)86-60(38-30-28-26-24-22-20-18-14-10-6-2)50-66(98-86)52-72-80(62(57-91)58-92)68-42-34-36-44-70(68)84(72)94/h33-36,41-54H,5-32,37-40H2,1-4H3/b71-51-,72-52-. The van der Waals surface area contributed by atoms with Gasteiger partial charge < -0.3 is 0 Å². The fourth-order valence-electron chi connectivity index (χ4n) is 14.6. The van der Waals surface area contributed by atoms with Crippen molar-refractivity contribution in [3.63, 3.8) is 0 Å². The quantitative estimate of drug-likeness (QED) is 0.0215. The van der Waals surface area contributed by atoms with Crippen LogP contribution >= 0.6 is 68.0 Å². The van der Waals surface area contributed by atoms with Crippen LogP contribution in [0.5, 0.6) is 0 Å². The molecule has 0 radical (unpaired) electrons. The van der Waals surface area contributed by atoms with E-state index in [0.29, 0.717) is 44.5 Å². The van der Waals surface area contributed by atoms with E-state index in [-0.39, 0.29) is 22.7 Å². The smallest absolute Gasteiger partial charge is 0.194 e. The summed E-state index contributed by atoms with van der Waals surface area (Å²) in [6, 6.07) is 42.4. The summed E-state index contributed by atoms with van der Waals surface area (Å²) < 4.78 is 2.53. The molecule has 0 spiro atoms. The van der Waals surface area contributed by atoms with Crippen molar-refractivity contribution in [1.29, 1.82) is 21.0 Å². The molecule has 0 atom stereocenters. The van der Waals surface area contributed by atoms with Crippen molar-refractivity contribution in [2.24, 2.45) is 0 Å². The zero-order valence-corrected chi connectivity index (χ0v) is 64.0. The van der Waals surface area contributed by atoms with Crippen LogP contribution in [0.1, 0.15) is 270 Å². The van der Waals surface area contributed by atoms with Crippen LogP contribution in [-0.2, 0) is 25.7 Å². The summed E-state index contributed by atoms with van der Waals surface area (Å²) in [5.41, 5.74) is 8.90. The molecular formula is C88H94N4O2S6. The summed E-state index contributed by atoms with van der Waals surface area (Å²) in [6.45, 7) is 9.11. The fraction of sp³-hybridized carbons (Fsp3) is 0.409. The van der Waals surface area contributed by atoms with E-state index in [1.165, 1.54) is 223 Å². The van der Waals surface area contributed by atoms with Crippen LogP contribution in [0.3, 0.4) is 0 Å². The first-order chi connectivity index (χ1) is 49.1. The van der Waals surface area contributed by atoms with Crippen molar-refractivity contribution in [2.45, 2.75) is 233 Å². The second-order valence-corrected chi connectivity index (χ2v) is 33.9. The molecule has 0 saturated carbocycles. The normalized spacial score (nSPS) is 13.5. The minimum atomic E-state index is -0.163. The van der Waals surface area contributed by atoms with Gasteiger partial charge in [-0.3, -0.25) is 9.59 Å². The van der Waals surface area contributed by atoms with Gasteiger partial charge in [-0.15, -0.1) is 68.0 Å². The Kier molecular flexibility index (Phi) is 27.3. The topological polar surface area (TPSA) is 129 Å². The van der Waals surface area contributed by atoms with Gasteiger partial charge in [0, 0.05) is 113 Å². The van der Waals surface area contributed by atoms with Crippen LogP contribution in [0.25, 0.3) is 83.9 Å². The number of rotatable bonds is 38. The predicted octanol–water partition coefficient (Wildman–Crippen LogP) is 28.4. The molecule has 2 aliphatic carbocycles. The number of hydrogen-bond donors (Lipinski definition) is 0. The van der Waals surface area contributed by atoms with Crippen LogP contribution in [0.4, 0.5) is 0 Å². The molecule has 514 valence electrons. The van der Waals surface area contributed by atoms with Crippen LogP contribution in [0, 0.1) is 45.3 Å². The number of allylic oxidation sites excluding steroid dienone is 6. The van der Waals surface area contributed by atoms with E-state index in [9.17, 15) is 30.6 Å². The first-order valence-corrected chi connectivity index (χ1v) is 42.3. The highest BCUT2D eigenvalue weighted by molar-refractivity contribution is 7.29. The summed E-state index contributed by atoms with van der Waals surface area (Å²) in [4.78, 5) is 41.0. The molecule has 6 aromatic heterocycles. The first kappa shape index (κ1) is 73.8. The maximum Gasteiger partial charge on any atom is 0.194 e. The van der Waals surface area contributed by atoms with Crippen LogP contribution < -0.4 is 0 Å². The van der Waals surface area contributed by atoms with E-state index in [1.807, 2.05) is 93.9 Å². The zero-order chi connectivity index (χ0) is 69.7. The second-order valence-electron chi connectivity index (χ2n) is 27.3. The Morgan fingerprint density at radius 3 is 1.02 bits per heavy atom. The largest absolute Gasteiger partial charge is 0.289 e. The van der Waals surface area contributed by atoms with E-state index < -0.39 is 0 Å². The maximum absolute atomic E-state index is 14.5. The van der Waals surface area contributed by atoms with Crippen molar-refractivity contribution < 1.29 is 9.59 Å². The summed E-state index contributed by atoms with van der Waals surface area (Å²) in [7, 11) is 0. The Labute approximate surface area is 618 Å². The van der Waals surface area contributed by atoms with Crippen molar-refractivity contribution in [2.75, 3.05) is 0 Å². The summed E-state index contributed by atoms with van der Waals surface area (Å²) in [5, 5.41) is 43.9. The molecule has 0 unspecified atom stereocenters. The van der Waals surface area contributed by atoms with Gasteiger partial charge in [-0.2, -0.15) is 21.0 Å². The molecule has 100 heavy (non-hydrogen) atoms. The number of hydrogen-bond acceptors (Lipinski definition) is 12. The van der Waals surface area contributed by atoms with Gasteiger partial charge in [-0.25, -0.2) is 0 Å². The van der Waals surface area contributed by atoms with Crippen molar-refractivity contribution in [3.05, 3.63) is 172 Å². The third kappa shape index (κ3) is 17.4. The van der Waals surface area contributed by atoms with Gasteiger partial charge in [-0.1, -0.05) is 230 Å². The van der Waals surface area contributed by atoms with E-state index in [1.54, 1.807) is 34.8 Å². The molecule has 0 aliphatic heterocycles. The highest BCUT2D eigenvalue weighted by Gasteiger charge is 2.35. The molecule has 0 bridgehead atoms. The third-order valence-electron chi connectivity index (χ3n) is 20.0. The van der Waals surface area contributed by atoms with E-state index >= 15 is 0 Å². The summed E-state index contributed by atoms with van der Waals surface area (Å²) >= 11 is 11.1. The Bertz CT molecular complexity index is 4300. The Morgan fingerprint density at radius 1 is 0.350 bits per heavy atom. The average Bonchev–Trinajstić information content (AvgIpc) is 1.56. The van der Waals surface area contributed by atoms with Gasteiger partial charge in [0.15, 0.2) is 11.6 Å². The Morgan fingerprint density at radius 2 is 0.670 bits per heavy atom. The molecule has 2 aliphatic rings. The molecule has 0 saturated heterocycles. The number of fused-ring (bicyclic) bond motifs is 4. The van der Waals surface area contributed by atoms with Crippen LogP contribution in [0.15, 0.2) is 119 Å². The molecule has 6 nitrogen and oxygen atoms in total. The number of thiophene rings is 6. The number of Topliss-reactive ketones (excluding diaryl/α,β-unsaturated/α-hetero) is 2. The Balaban J connectivity index is 1.08. The van der Waals surface area contributed by atoms with Gasteiger partial charge in [0.25, 0.3) is 0 Å². The molecule has 3 aromatic carbocycles. The molecule has 9 aromatic rings. The number of aryl methyl sites for hydroxylation is 4. The molecule has 0 fully saturated rings. The maximum atomic E-state index is 14.5. The zero-order valence-electron chi connectivity index (χ0n) is 59.1. The van der Waals surface area contributed by atoms with E-state index in [4.69, 9.17) is 0 Å². The number of nitrogens with zero attached hydrogens (tertiary/aromatic N) is 4. The van der Waals surface area contributed by atoms with Crippen LogP contribution in [0.2, 0.25) is 0 Å². The Hall–Kier alpha value is -7.36. The summed E-state index contributed by atoms with van der Waals surface area (Å²) in [5.74, 6) is -0.325. The number of unbranched alkanes of at least 4 members (excludes halogenated alkanes) is 24. The number of nitriles is 4. The highest BCUT2D eigenvalue weighted by Crippen LogP contribution is 2.56. The average molecular weight is 1430 g/mol. The molecule has 6 heterocycles. The lowest BCUT2D eigenvalue weighted by Gasteiger charge is -2.09. The minimum absolute atomic E-state index is 0.0535. The highest BCUT2D eigenvalue weighted by atomic mass is 32.1. The first-order valence-electron chi connectivity index (χ1n) is 37.4. The summed E-state index contributed by atoms with van der Waals surface area (Å²) in [6.07, 6.45) is 42.3. The van der Waals surface area contributed by atoms with Crippen molar-refractivity contribution >= 4 is 123 Å². The van der Waals surface area contributed by atoms with E-state index in [0.717, 1.165) is 74.0 Å². The van der Waals surface area contributed by atoms with E-state index in [2.05, 4.69) is 101 Å². The van der Waals surface area contributed by atoms with Gasteiger partial charge >= 0.3 is 0 Å². The number of carbonyl (C=O) groups excluding carboxylic acids is 2. The number of ketones is 2. The SMILES string of the molecule is CCCCCCCCCCCCc1cc(/C=C2\C(=O)c3ccccc3C2=C(C#N)C#N)sc1-c1cc2c(-c3ccc(CCCCCC)s3)c3sc(-c4sc(/C=C5\C(=O)c6ccccc6C5=C(C#N)C#N)cc4CCCCCCCCCCCC)cc3c(-c3ccc(CCCCCC)s3)c2s1. The molecule has 0 N–H and O–H groups in total. The third-order valence-corrected chi connectivity index (χ3v) is 27.2. The molecule has 11 rings (SSSR count). The van der Waals surface area contributed by atoms with Crippen LogP contribution in [-0.4, -0.2) is 11.6 Å². The minimum Gasteiger partial charge on any atom is -0.289 e. The van der Waals surface area contributed by atoms with Crippen molar-refractivity contribution in [1.82, 2.24) is 0 Å². The monoisotopic (exact) mass is 1430 g/mol. The van der Waals surface area contributed by atoms with Gasteiger partial charge in [-0.05, 0) is 134 Å². The second kappa shape index (κ2) is 37.0. The lowest BCUT2D eigenvalue weighted by Crippen LogP contribution is -1.95. The predicted molar refractivity (Wildman–Crippen MR) is 431 cm³/mol. The lowest BCUT2D eigenvalue weighted by atomic mass is 9.98. The van der Waals surface area contributed by atoms with Gasteiger partial charge in [0.2, 0.25) is 0 Å². The number of carbonyl (C=O) groups is 2. The molecule has 12 heteroatoms. The number of benzene rings is 3. The fourth-order valence-corrected chi connectivity index (χ4v) is 22.1. The van der Waals surface area contributed by atoms with Gasteiger partial charge in [0.1, 0.15) is 35.4 Å². The molecular weight excluding hydrogens is 1340 g/mol. The molecule has 0 amide bonds. The van der Waals surface area contributed by atoms with Gasteiger partial charge in [0.05, 0.1) is 0 Å².